The summed E-state index contributed by atoms with van der Waals surface area (Å²) < 4.78 is 26.5. The number of hydrogen-bond donors (Lipinski definition) is 1. The number of fused-ring (bicyclic) bond motifs is 1. The summed E-state index contributed by atoms with van der Waals surface area (Å²) in [5, 5.41) is 9.33. The Morgan fingerprint density at radius 3 is 2.85 bits per heavy atom. The highest BCUT2D eigenvalue weighted by Crippen LogP contribution is 2.47. The number of rotatable bonds is 0. The number of halogens is 2. The first-order valence-electron chi connectivity index (χ1n) is 3.94. The summed E-state index contributed by atoms with van der Waals surface area (Å²) in [6.07, 6.45) is -0.145. The average molecular weight is 202 g/mol. The summed E-state index contributed by atoms with van der Waals surface area (Å²) in [6.45, 7) is 0. The highest BCUT2D eigenvalue weighted by Gasteiger charge is 2.37. The lowest BCUT2D eigenvalue weighted by Gasteiger charge is -2.24. The molecule has 0 fully saturated rings. The van der Waals surface area contributed by atoms with Crippen molar-refractivity contribution in [3.63, 3.8) is 0 Å². The average Bonchev–Trinajstić information content (AvgIpc) is 2.06. The van der Waals surface area contributed by atoms with Crippen molar-refractivity contribution in [1.82, 2.24) is 0 Å². The molecule has 2 rings (SSSR count). The van der Waals surface area contributed by atoms with Crippen molar-refractivity contribution < 1.29 is 13.9 Å². The minimum absolute atomic E-state index is 0.0382. The molecule has 4 heteroatoms. The summed E-state index contributed by atoms with van der Waals surface area (Å²) in [6, 6.07) is 4.27. The molecule has 1 heterocycles. The van der Waals surface area contributed by atoms with Gasteiger partial charge in [-0.25, -0.2) is 8.78 Å². The number of phenolic OH excluding ortho intramolecular Hbond substituents is 1. The zero-order valence-electron chi connectivity index (χ0n) is 6.76. The standard InChI is InChI=1S/C9H8F2OS/c10-9(11)4-5-13-8-6(9)2-1-3-7(8)12/h1-3,12H,4-5H2. The number of aromatic hydroxyl groups is 1. The third-order valence-electron chi connectivity index (χ3n) is 2.05. The van der Waals surface area contributed by atoms with Crippen molar-refractivity contribution >= 4 is 11.8 Å². The van der Waals surface area contributed by atoms with Crippen LogP contribution in [0.4, 0.5) is 8.78 Å². The van der Waals surface area contributed by atoms with Gasteiger partial charge in [-0.3, -0.25) is 0 Å². The molecule has 0 unspecified atom stereocenters. The van der Waals surface area contributed by atoms with Gasteiger partial charge in [0.2, 0.25) is 0 Å². The molecule has 13 heavy (non-hydrogen) atoms. The summed E-state index contributed by atoms with van der Waals surface area (Å²) in [5.74, 6) is -2.46. The Morgan fingerprint density at radius 2 is 2.15 bits per heavy atom. The largest absolute Gasteiger partial charge is 0.507 e. The van der Waals surface area contributed by atoms with E-state index in [1.807, 2.05) is 0 Å². The van der Waals surface area contributed by atoms with Crippen molar-refractivity contribution in [3.8, 4) is 5.75 Å². The van der Waals surface area contributed by atoms with E-state index >= 15 is 0 Å². The van der Waals surface area contributed by atoms with Gasteiger partial charge in [0.1, 0.15) is 5.75 Å². The second-order valence-corrected chi connectivity index (χ2v) is 4.06. The molecular weight excluding hydrogens is 194 g/mol. The van der Waals surface area contributed by atoms with Crippen LogP contribution < -0.4 is 0 Å². The maximum Gasteiger partial charge on any atom is 0.275 e. The highest BCUT2D eigenvalue weighted by molar-refractivity contribution is 7.99. The van der Waals surface area contributed by atoms with Gasteiger partial charge < -0.3 is 5.11 Å². The first-order chi connectivity index (χ1) is 6.11. The minimum atomic E-state index is -2.78. The quantitative estimate of drug-likeness (QED) is 0.698. The smallest absolute Gasteiger partial charge is 0.275 e. The van der Waals surface area contributed by atoms with Crippen LogP contribution in [0.1, 0.15) is 12.0 Å². The molecule has 0 atom stereocenters. The van der Waals surface area contributed by atoms with E-state index in [4.69, 9.17) is 0 Å². The Morgan fingerprint density at radius 1 is 1.38 bits per heavy atom. The van der Waals surface area contributed by atoms with Crippen LogP contribution in [0.25, 0.3) is 0 Å². The molecule has 1 aromatic carbocycles. The summed E-state index contributed by atoms with van der Waals surface area (Å²) >= 11 is 1.29. The lowest BCUT2D eigenvalue weighted by molar-refractivity contribution is -0.0119. The fourth-order valence-corrected chi connectivity index (χ4v) is 2.53. The molecule has 1 aromatic rings. The van der Waals surface area contributed by atoms with Crippen LogP contribution in [-0.2, 0) is 5.92 Å². The molecule has 0 amide bonds. The molecule has 0 spiro atoms. The topological polar surface area (TPSA) is 20.2 Å². The molecule has 1 N–H and O–H groups in total. The molecule has 0 saturated heterocycles. The van der Waals surface area contributed by atoms with Crippen LogP contribution in [-0.4, -0.2) is 10.9 Å². The normalized spacial score (nSPS) is 19.5. The van der Waals surface area contributed by atoms with Crippen molar-refractivity contribution in [2.45, 2.75) is 17.2 Å². The molecular formula is C9H8F2OS. The third-order valence-corrected chi connectivity index (χ3v) is 3.18. The van der Waals surface area contributed by atoms with E-state index in [9.17, 15) is 13.9 Å². The fourth-order valence-electron chi connectivity index (χ4n) is 1.38. The second kappa shape index (κ2) is 2.87. The molecule has 0 aliphatic carbocycles. The number of thioether (sulfide) groups is 1. The number of hydrogen-bond acceptors (Lipinski definition) is 2. The Labute approximate surface area is 78.8 Å². The van der Waals surface area contributed by atoms with E-state index in [2.05, 4.69) is 0 Å². The maximum atomic E-state index is 13.3. The van der Waals surface area contributed by atoms with Crippen molar-refractivity contribution in [2.75, 3.05) is 5.75 Å². The zero-order valence-corrected chi connectivity index (χ0v) is 7.57. The second-order valence-electron chi connectivity index (χ2n) is 2.96. The molecule has 0 saturated carbocycles. The summed E-state index contributed by atoms with van der Waals surface area (Å²) in [5.41, 5.74) is -0.0382. The Hall–Kier alpha value is -0.770. The van der Waals surface area contributed by atoms with E-state index in [1.54, 1.807) is 0 Å². The van der Waals surface area contributed by atoms with E-state index in [0.717, 1.165) is 0 Å². The van der Waals surface area contributed by atoms with Gasteiger partial charge in [-0.15, -0.1) is 11.8 Å². The summed E-state index contributed by atoms with van der Waals surface area (Å²) in [4.78, 5) is 0.332. The van der Waals surface area contributed by atoms with Gasteiger partial charge in [-0.2, -0.15) is 0 Å². The predicted molar refractivity (Wildman–Crippen MR) is 47.3 cm³/mol. The van der Waals surface area contributed by atoms with Gasteiger partial charge in [0, 0.05) is 17.7 Å². The van der Waals surface area contributed by atoms with Crippen LogP contribution in [0, 0.1) is 0 Å². The first-order valence-corrected chi connectivity index (χ1v) is 4.93. The maximum absolute atomic E-state index is 13.3. The van der Waals surface area contributed by atoms with Gasteiger partial charge in [0.15, 0.2) is 0 Å². The van der Waals surface area contributed by atoms with E-state index in [1.165, 1.54) is 30.0 Å². The van der Waals surface area contributed by atoms with Crippen molar-refractivity contribution in [1.29, 1.82) is 0 Å². The van der Waals surface area contributed by atoms with Gasteiger partial charge in [0.25, 0.3) is 5.92 Å². The first kappa shape index (κ1) is 8.81. The number of phenols is 1. The van der Waals surface area contributed by atoms with Gasteiger partial charge >= 0.3 is 0 Å². The summed E-state index contributed by atoms with van der Waals surface area (Å²) in [7, 11) is 0. The Balaban J connectivity index is 2.58. The molecule has 0 bridgehead atoms. The molecule has 1 aliphatic rings. The zero-order chi connectivity index (χ0) is 9.47. The van der Waals surface area contributed by atoms with Crippen molar-refractivity contribution in [2.24, 2.45) is 0 Å². The Kier molecular flexibility index (Phi) is 1.95. The molecule has 0 radical (unpaired) electrons. The SMILES string of the molecule is Oc1cccc2c1SCCC2(F)F. The van der Waals surface area contributed by atoms with Crippen LogP contribution in [0.3, 0.4) is 0 Å². The number of benzene rings is 1. The van der Waals surface area contributed by atoms with Crippen molar-refractivity contribution in [3.05, 3.63) is 23.8 Å². The van der Waals surface area contributed by atoms with Crippen LogP contribution >= 0.6 is 11.8 Å². The Bertz CT molecular complexity index is 338. The van der Waals surface area contributed by atoms with Gasteiger partial charge in [-0.1, -0.05) is 12.1 Å². The van der Waals surface area contributed by atoms with Gasteiger partial charge in [0.05, 0.1) is 4.90 Å². The van der Waals surface area contributed by atoms with E-state index < -0.39 is 5.92 Å². The fraction of sp³-hybridized carbons (Fsp3) is 0.333. The highest BCUT2D eigenvalue weighted by atomic mass is 32.2. The van der Waals surface area contributed by atoms with E-state index in [0.29, 0.717) is 10.6 Å². The third kappa shape index (κ3) is 1.39. The number of alkyl halides is 2. The molecule has 70 valence electrons. The monoisotopic (exact) mass is 202 g/mol. The lowest BCUT2D eigenvalue weighted by Crippen LogP contribution is -2.19. The van der Waals surface area contributed by atoms with Crippen LogP contribution in [0.2, 0.25) is 0 Å². The van der Waals surface area contributed by atoms with Crippen LogP contribution in [0.5, 0.6) is 5.75 Å². The molecule has 1 aliphatic heterocycles. The van der Waals surface area contributed by atoms with E-state index in [-0.39, 0.29) is 17.7 Å². The van der Waals surface area contributed by atoms with Gasteiger partial charge in [-0.05, 0) is 6.07 Å². The molecule has 1 nitrogen and oxygen atoms in total. The van der Waals surface area contributed by atoms with Crippen LogP contribution in [0.15, 0.2) is 23.1 Å². The molecule has 0 aromatic heterocycles. The minimum Gasteiger partial charge on any atom is -0.507 e. The predicted octanol–water partition coefficient (Wildman–Crippen LogP) is 2.98. The lowest BCUT2D eigenvalue weighted by atomic mass is 10.1.